The third kappa shape index (κ3) is 7.76. The van der Waals surface area contributed by atoms with E-state index < -0.39 is 5.60 Å². The number of hydrogen-bond acceptors (Lipinski definition) is 3. The van der Waals surface area contributed by atoms with Crippen molar-refractivity contribution in [3.63, 3.8) is 0 Å². The first-order valence-electron chi connectivity index (χ1n) is 11.4. The van der Waals surface area contributed by atoms with Gasteiger partial charge < -0.3 is 9.30 Å². The lowest BCUT2D eigenvalue weighted by Crippen LogP contribution is -2.25. The SMILES string of the molecule is C=C/C=C(\C=C/C)Cn1c(C)c(C(=O)OC(C)(C)C)c(C(C)C)c1SC1=CC(Br)=CCC(Br)=C1. The standard InChI is InChI=1S/C28H35Br2NO2S/c1-9-11-20(12-10-2)17-31-19(5)25(27(32)33-28(6,7)8)24(18(3)4)26(31)34-23-15-21(29)13-14-22(30)16-23/h9-13,15-16,18H,1,14,17H2,2-8H3/b12-10-,20-11+. The minimum Gasteiger partial charge on any atom is -0.456 e. The van der Waals surface area contributed by atoms with Crippen LogP contribution in [0.15, 0.2) is 73.6 Å². The molecular formula is C28H35Br2NO2S. The molecule has 0 radical (unpaired) electrons. The molecule has 0 spiro atoms. The number of thioether (sulfide) groups is 1. The second-order valence-electron chi connectivity index (χ2n) is 9.43. The lowest BCUT2D eigenvalue weighted by atomic mass is 10.0. The maximum absolute atomic E-state index is 13.4. The highest BCUT2D eigenvalue weighted by molar-refractivity contribution is 9.12. The Kier molecular flexibility index (Phi) is 10.5. The summed E-state index contributed by atoms with van der Waals surface area (Å²) in [5.74, 6) is -0.140. The van der Waals surface area contributed by atoms with Crippen molar-refractivity contribution in [3.05, 3.63) is 85.4 Å². The smallest absolute Gasteiger partial charge is 0.340 e. The van der Waals surface area contributed by atoms with E-state index in [1.165, 1.54) is 0 Å². The summed E-state index contributed by atoms with van der Waals surface area (Å²) in [5, 5.41) is 1.05. The van der Waals surface area contributed by atoms with E-state index in [4.69, 9.17) is 4.74 Å². The van der Waals surface area contributed by atoms with Gasteiger partial charge in [-0.3, -0.25) is 0 Å². The van der Waals surface area contributed by atoms with Gasteiger partial charge in [-0.2, -0.15) is 0 Å². The topological polar surface area (TPSA) is 31.2 Å². The van der Waals surface area contributed by atoms with Crippen molar-refractivity contribution in [2.45, 2.75) is 78.0 Å². The van der Waals surface area contributed by atoms with Crippen molar-refractivity contribution < 1.29 is 9.53 Å². The highest BCUT2D eigenvalue weighted by atomic mass is 79.9. The molecule has 0 saturated heterocycles. The molecule has 0 amide bonds. The second kappa shape index (κ2) is 12.5. The Morgan fingerprint density at radius 3 is 2.53 bits per heavy atom. The number of halogens is 2. The van der Waals surface area contributed by atoms with Gasteiger partial charge in [-0.25, -0.2) is 4.79 Å². The van der Waals surface area contributed by atoms with E-state index in [0.717, 1.165) is 42.1 Å². The van der Waals surface area contributed by atoms with Crippen molar-refractivity contribution in [3.8, 4) is 0 Å². The molecule has 1 aliphatic rings. The van der Waals surface area contributed by atoms with Gasteiger partial charge in [-0.05, 0) is 64.7 Å². The predicted molar refractivity (Wildman–Crippen MR) is 154 cm³/mol. The number of nitrogens with zero attached hydrogens (tertiary/aromatic N) is 1. The molecule has 1 aromatic rings. The average molecular weight is 609 g/mol. The molecule has 34 heavy (non-hydrogen) atoms. The zero-order chi connectivity index (χ0) is 25.6. The third-order valence-corrected chi connectivity index (χ3v) is 7.24. The van der Waals surface area contributed by atoms with E-state index >= 15 is 0 Å². The summed E-state index contributed by atoms with van der Waals surface area (Å²) in [6.07, 6.45) is 15.1. The Labute approximate surface area is 226 Å². The quantitative estimate of drug-likeness (QED) is 0.217. The van der Waals surface area contributed by atoms with Crippen LogP contribution in [0, 0.1) is 6.92 Å². The van der Waals surface area contributed by atoms with Gasteiger partial charge in [0.05, 0.1) is 10.6 Å². The van der Waals surface area contributed by atoms with E-state index in [1.54, 1.807) is 17.8 Å². The summed E-state index contributed by atoms with van der Waals surface area (Å²) in [5.41, 5.74) is 3.13. The van der Waals surface area contributed by atoms with Gasteiger partial charge in [-0.1, -0.05) is 94.4 Å². The molecule has 3 nitrogen and oxygen atoms in total. The lowest BCUT2D eigenvalue weighted by molar-refractivity contribution is 0.00670. The molecule has 0 bridgehead atoms. The van der Waals surface area contributed by atoms with Crippen LogP contribution in [0.1, 0.15) is 75.5 Å². The van der Waals surface area contributed by atoms with Crippen LogP contribution in [-0.2, 0) is 11.3 Å². The van der Waals surface area contributed by atoms with Crippen LogP contribution in [0.4, 0.5) is 0 Å². The zero-order valence-corrected chi connectivity index (χ0v) is 25.2. The van der Waals surface area contributed by atoms with Crippen molar-refractivity contribution in [2.24, 2.45) is 0 Å². The number of ether oxygens (including phenoxy) is 1. The largest absolute Gasteiger partial charge is 0.456 e. The number of carbonyl (C=O) groups is 1. The van der Waals surface area contributed by atoms with Crippen molar-refractivity contribution >= 4 is 49.6 Å². The molecule has 6 heteroatoms. The molecular weight excluding hydrogens is 574 g/mol. The Morgan fingerprint density at radius 2 is 1.97 bits per heavy atom. The molecule has 1 heterocycles. The molecule has 0 atom stereocenters. The number of carbonyl (C=O) groups excluding carboxylic acids is 1. The predicted octanol–water partition coefficient (Wildman–Crippen LogP) is 9.50. The second-order valence-corrected chi connectivity index (χ2v) is 12.4. The normalized spacial score (nSPS) is 15.2. The van der Waals surface area contributed by atoms with E-state index in [9.17, 15) is 4.79 Å². The Morgan fingerprint density at radius 1 is 1.29 bits per heavy atom. The number of hydrogen-bond donors (Lipinski definition) is 0. The van der Waals surface area contributed by atoms with Gasteiger partial charge in [0.2, 0.25) is 0 Å². The number of rotatable bonds is 8. The van der Waals surface area contributed by atoms with Gasteiger partial charge in [0.15, 0.2) is 0 Å². The Hall–Kier alpha value is -1.50. The van der Waals surface area contributed by atoms with Crippen molar-refractivity contribution in [1.29, 1.82) is 0 Å². The maximum atomic E-state index is 13.4. The minimum absolute atomic E-state index is 0.135. The van der Waals surface area contributed by atoms with Crippen LogP contribution >= 0.6 is 43.6 Å². The summed E-state index contributed by atoms with van der Waals surface area (Å²) >= 11 is 9.00. The summed E-state index contributed by atoms with van der Waals surface area (Å²) in [6, 6.07) is 0. The van der Waals surface area contributed by atoms with Crippen LogP contribution < -0.4 is 0 Å². The van der Waals surface area contributed by atoms with Gasteiger partial charge in [0, 0.05) is 31.7 Å². The van der Waals surface area contributed by atoms with E-state index in [1.807, 2.05) is 46.8 Å². The molecule has 1 aliphatic carbocycles. The fraction of sp³-hybridized carbons (Fsp3) is 0.393. The van der Waals surface area contributed by atoms with E-state index in [0.29, 0.717) is 12.1 Å². The van der Waals surface area contributed by atoms with Crippen LogP contribution in [0.3, 0.4) is 0 Å². The summed E-state index contributed by atoms with van der Waals surface area (Å²) in [7, 11) is 0. The van der Waals surface area contributed by atoms with E-state index in [-0.39, 0.29) is 11.9 Å². The Bertz CT molecular complexity index is 1090. The first-order chi connectivity index (χ1) is 15.9. The summed E-state index contributed by atoms with van der Waals surface area (Å²) in [6.45, 7) is 18.5. The average Bonchev–Trinajstić information content (AvgIpc) is 2.86. The van der Waals surface area contributed by atoms with Gasteiger partial charge in [0.25, 0.3) is 0 Å². The minimum atomic E-state index is -0.570. The summed E-state index contributed by atoms with van der Waals surface area (Å²) in [4.78, 5) is 14.5. The number of allylic oxidation sites excluding steroid dienone is 10. The molecule has 1 aromatic heterocycles. The highest BCUT2D eigenvalue weighted by Gasteiger charge is 2.31. The van der Waals surface area contributed by atoms with E-state index in [2.05, 4.69) is 81.2 Å². The molecule has 0 N–H and O–H groups in total. The molecule has 0 aliphatic heterocycles. The molecule has 2 rings (SSSR count). The monoisotopic (exact) mass is 607 g/mol. The van der Waals surface area contributed by atoms with Gasteiger partial charge in [0.1, 0.15) is 5.60 Å². The summed E-state index contributed by atoms with van der Waals surface area (Å²) < 4.78 is 10.2. The first-order valence-corrected chi connectivity index (χ1v) is 13.8. The van der Waals surface area contributed by atoms with Gasteiger partial charge in [-0.15, -0.1) is 0 Å². The van der Waals surface area contributed by atoms with Crippen molar-refractivity contribution in [1.82, 2.24) is 4.57 Å². The lowest BCUT2D eigenvalue weighted by Gasteiger charge is -2.20. The first kappa shape index (κ1) is 28.7. The van der Waals surface area contributed by atoms with Crippen molar-refractivity contribution in [2.75, 3.05) is 0 Å². The van der Waals surface area contributed by atoms with Crippen LogP contribution in [0.25, 0.3) is 0 Å². The molecule has 0 unspecified atom stereocenters. The van der Waals surface area contributed by atoms with Gasteiger partial charge >= 0.3 is 5.97 Å². The zero-order valence-electron chi connectivity index (χ0n) is 21.2. The van der Waals surface area contributed by atoms with Crippen LogP contribution in [-0.4, -0.2) is 16.1 Å². The molecule has 0 aromatic carbocycles. The maximum Gasteiger partial charge on any atom is 0.340 e. The fourth-order valence-electron chi connectivity index (χ4n) is 3.68. The molecule has 184 valence electrons. The Balaban J connectivity index is 2.78. The van der Waals surface area contributed by atoms with Crippen LogP contribution in [0.5, 0.6) is 0 Å². The third-order valence-electron chi connectivity index (χ3n) is 5.03. The molecule has 0 fully saturated rings. The highest BCUT2D eigenvalue weighted by Crippen LogP contribution is 2.42. The molecule has 0 saturated carbocycles. The van der Waals surface area contributed by atoms with Crippen LogP contribution in [0.2, 0.25) is 0 Å². The fourth-order valence-corrected chi connectivity index (χ4v) is 6.17. The number of esters is 1. The number of aromatic nitrogens is 1.